The van der Waals surface area contributed by atoms with Crippen molar-refractivity contribution in [3.05, 3.63) is 0 Å². The van der Waals surface area contributed by atoms with Gasteiger partial charge in [-0.3, -0.25) is 4.79 Å². The van der Waals surface area contributed by atoms with Crippen molar-refractivity contribution < 1.29 is 4.79 Å². The van der Waals surface area contributed by atoms with Gasteiger partial charge < -0.3 is 10.6 Å². The molecule has 0 aromatic rings. The second-order valence-electron chi connectivity index (χ2n) is 5.13. The molecule has 1 aliphatic carbocycles. The highest BCUT2D eigenvalue weighted by Crippen LogP contribution is 2.39. The van der Waals surface area contributed by atoms with E-state index >= 15 is 0 Å². The van der Waals surface area contributed by atoms with Crippen LogP contribution in [-0.2, 0) is 4.79 Å². The fourth-order valence-corrected chi connectivity index (χ4v) is 2.22. The Morgan fingerprint density at radius 3 is 2.57 bits per heavy atom. The van der Waals surface area contributed by atoms with Crippen molar-refractivity contribution in [1.29, 1.82) is 0 Å². The summed E-state index contributed by atoms with van der Waals surface area (Å²) in [6, 6.07) is 0.0630. The molecule has 0 radical (unpaired) electrons. The van der Waals surface area contributed by atoms with Crippen LogP contribution in [0.15, 0.2) is 0 Å². The fraction of sp³-hybridized carbons (Fsp3) is 0.909. The largest absolute Gasteiger partial charge is 0.350 e. The van der Waals surface area contributed by atoms with Crippen LogP contribution in [0.3, 0.4) is 0 Å². The minimum Gasteiger partial charge on any atom is -0.350 e. The van der Waals surface area contributed by atoms with E-state index in [1.165, 1.54) is 12.8 Å². The molecule has 2 fully saturated rings. The lowest BCUT2D eigenvalue weighted by molar-refractivity contribution is -0.124. The van der Waals surface area contributed by atoms with Crippen LogP contribution in [0.5, 0.6) is 0 Å². The summed E-state index contributed by atoms with van der Waals surface area (Å²) < 4.78 is 0. The summed E-state index contributed by atoms with van der Waals surface area (Å²) in [5.41, 5.74) is 0.00134. The number of rotatable bonds is 3. The van der Waals surface area contributed by atoms with Gasteiger partial charge in [0.25, 0.3) is 0 Å². The number of hydrogen-bond acceptors (Lipinski definition) is 2. The Morgan fingerprint density at radius 1 is 1.36 bits per heavy atom. The molecule has 0 bridgehead atoms. The molecule has 1 heterocycles. The second kappa shape index (κ2) is 3.54. The first kappa shape index (κ1) is 9.97. The monoisotopic (exact) mass is 196 g/mol. The van der Waals surface area contributed by atoms with Gasteiger partial charge in [-0.05, 0) is 52.0 Å². The normalized spacial score (nSPS) is 27.7. The number of nitrogens with one attached hydrogen (secondary N) is 2. The minimum atomic E-state index is 0.00134. The standard InChI is InChI=1S/C11H20N2O/c1-11(2,8-5-6-8)13-10(14)9-4-3-7-12-9/h8-9,12H,3-7H2,1-2H3,(H,13,14)/t9-/m1/s1. The zero-order chi connectivity index (χ0) is 10.2. The quantitative estimate of drug-likeness (QED) is 0.708. The average molecular weight is 196 g/mol. The maximum Gasteiger partial charge on any atom is 0.237 e. The van der Waals surface area contributed by atoms with Gasteiger partial charge in [0, 0.05) is 5.54 Å². The van der Waals surface area contributed by atoms with Gasteiger partial charge in [-0.1, -0.05) is 0 Å². The summed E-state index contributed by atoms with van der Waals surface area (Å²) in [5, 5.41) is 6.38. The topological polar surface area (TPSA) is 41.1 Å². The molecule has 1 aliphatic heterocycles. The van der Waals surface area contributed by atoms with Crippen molar-refractivity contribution in [3.63, 3.8) is 0 Å². The van der Waals surface area contributed by atoms with Gasteiger partial charge in [0.2, 0.25) is 5.91 Å². The predicted octanol–water partition coefficient (Wildman–Crippen LogP) is 1.04. The van der Waals surface area contributed by atoms with Crippen LogP contribution >= 0.6 is 0 Å². The minimum absolute atomic E-state index is 0.00134. The zero-order valence-corrected chi connectivity index (χ0v) is 9.10. The van der Waals surface area contributed by atoms with E-state index in [1.807, 2.05) is 0 Å². The van der Waals surface area contributed by atoms with E-state index in [-0.39, 0.29) is 17.5 Å². The van der Waals surface area contributed by atoms with E-state index in [2.05, 4.69) is 24.5 Å². The molecular formula is C11H20N2O. The van der Waals surface area contributed by atoms with Crippen molar-refractivity contribution in [1.82, 2.24) is 10.6 Å². The van der Waals surface area contributed by atoms with Crippen molar-refractivity contribution in [3.8, 4) is 0 Å². The lowest BCUT2D eigenvalue weighted by Gasteiger charge is -2.27. The Labute approximate surface area is 85.6 Å². The average Bonchev–Trinajstić information content (AvgIpc) is 2.82. The summed E-state index contributed by atoms with van der Waals surface area (Å²) in [6.45, 7) is 5.26. The molecule has 1 saturated heterocycles. The summed E-state index contributed by atoms with van der Waals surface area (Å²) in [5.74, 6) is 0.896. The van der Waals surface area contributed by atoms with E-state index in [9.17, 15) is 4.79 Å². The molecule has 2 aliphatic rings. The van der Waals surface area contributed by atoms with Crippen molar-refractivity contribution in [2.45, 2.75) is 51.1 Å². The Morgan fingerprint density at radius 2 is 2.07 bits per heavy atom. The van der Waals surface area contributed by atoms with Crippen LogP contribution in [-0.4, -0.2) is 24.0 Å². The van der Waals surface area contributed by atoms with Gasteiger partial charge in [-0.25, -0.2) is 0 Å². The van der Waals surface area contributed by atoms with Gasteiger partial charge in [0.05, 0.1) is 6.04 Å². The molecule has 0 unspecified atom stereocenters. The highest BCUT2D eigenvalue weighted by molar-refractivity contribution is 5.82. The summed E-state index contributed by atoms with van der Waals surface area (Å²) >= 11 is 0. The van der Waals surface area contributed by atoms with Crippen LogP contribution in [0, 0.1) is 5.92 Å². The summed E-state index contributed by atoms with van der Waals surface area (Å²) in [6.07, 6.45) is 4.66. The summed E-state index contributed by atoms with van der Waals surface area (Å²) in [7, 11) is 0. The molecule has 0 aromatic heterocycles. The van der Waals surface area contributed by atoms with E-state index in [1.54, 1.807) is 0 Å². The lowest BCUT2D eigenvalue weighted by Crippen LogP contribution is -2.51. The van der Waals surface area contributed by atoms with Gasteiger partial charge in [-0.15, -0.1) is 0 Å². The molecular weight excluding hydrogens is 176 g/mol. The number of carbonyl (C=O) groups excluding carboxylic acids is 1. The van der Waals surface area contributed by atoms with Crippen molar-refractivity contribution in [2.24, 2.45) is 5.92 Å². The number of carbonyl (C=O) groups is 1. The van der Waals surface area contributed by atoms with Crippen LogP contribution in [0.4, 0.5) is 0 Å². The maximum atomic E-state index is 11.8. The molecule has 1 amide bonds. The molecule has 2 rings (SSSR count). The third-order valence-electron chi connectivity index (χ3n) is 3.42. The predicted molar refractivity (Wildman–Crippen MR) is 56.0 cm³/mol. The first-order valence-electron chi connectivity index (χ1n) is 5.65. The van der Waals surface area contributed by atoms with Crippen molar-refractivity contribution in [2.75, 3.05) is 6.54 Å². The first-order chi connectivity index (χ1) is 6.59. The van der Waals surface area contributed by atoms with Crippen molar-refractivity contribution >= 4 is 5.91 Å². The summed E-state index contributed by atoms with van der Waals surface area (Å²) in [4.78, 5) is 11.8. The molecule has 1 saturated carbocycles. The van der Waals surface area contributed by atoms with Crippen LogP contribution in [0.1, 0.15) is 39.5 Å². The molecule has 1 atom stereocenters. The van der Waals surface area contributed by atoms with Gasteiger partial charge in [0.15, 0.2) is 0 Å². The molecule has 14 heavy (non-hydrogen) atoms. The highest BCUT2D eigenvalue weighted by atomic mass is 16.2. The molecule has 80 valence electrons. The molecule has 0 aromatic carbocycles. The molecule has 3 heteroatoms. The van der Waals surface area contributed by atoms with E-state index in [4.69, 9.17) is 0 Å². The fourth-order valence-electron chi connectivity index (χ4n) is 2.22. The van der Waals surface area contributed by atoms with Crippen LogP contribution in [0.2, 0.25) is 0 Å². The van der Waals surface area contributed by atoms with E-state index < -0.39 is 0 Å². The molecule has 2 N–H and O–H groups in total. The third-order valence-corrected chi connectivity index (χ3v) is 3.42. The Balaban J connectivity index is 1.86. The Kier molecular flexibility index (Phi) is 2.52. The molecule has 3 nitrogen and oxygen atoms in total. The van der Waals surface area contributed by atoms with Crippen LogP contribution in [0.25, 0.3) is 0 Å². The Bertz CT molecular complexity index is 227. The lowest BCUT2D eigenvalue weighted by atomic mass is 9.98. The highest BCUT2D eigenvalue weighted by Gasteiger charge is 2.39. The van der Waals surface area contributed by atoms with Gasteiger partial charge in [0.1, 0.15) is 0 Å². The van der Waals surface area contributed by atoms with Crippen LogP contribution < -0.4 is 10.6 Å². The second-order valence-corrected chi connectivity index (χ2v) is 5.13. The third kappa shape index (κ3) is 2.08. The van der Waals surface area contributed by atoms with Gasteiger partial charge in [-0.2, -0.15) is 0 Å². The zero-order valence-electron chi connectivity index (χ0n) is 9.10. The van der Waals surface area contributed by atoms with E-state index in [0.717, 1.165) is 19.4 Å². The maximum absolute atomic E-state index is 11.8. The van der Waals surface area contributed by atoms with Gasteiger partial charge >= 0.3 is 0 Å². The number of hydrogen-bond donors (Lipinski definition) is 2. The first-order valence-corrected chi connectivity index (χ1v) is 5.65. The smallest absolute Gasteiger partial charge is 0.237 e. The number of amides is 1. The Hall–Kier alpha value is -0.570. The SMILES string of the molecule is CC(C)(NC(=O)[C@H]1CCCN1)C1CC1. The molecule has 0 spiro atoms. The van der Waals surface area contributed by atoms with E-state index in [0.29, 0.717) is 5.92 Å².